The number of rotatable bonds is 4. The van der Waals surface area contributed by atoms with Gasteiger partial charge >= 0.3 is 0 Å². The third-order valence-electron chi connectivity index (χ3n) is 2.81. The quantitative estimate of drug-likeness (QED) is 0.732. The van der Waals surface area contributed by atoms with Gasteiger partial charge in [0.2, 0.25) is 5.95 Å². The van der Waals surface area contributed by atoms with Crippen LogP contribution in [0.25, 0.3) is 0 Å². The molecule has 0 saturated carbocycles. The number of anilines is 4. The Balaban J connectivity index is 1.78. The number of aromatic nitrogens is 4. The molecule has 3 rings (SSSR count). The van der Waals surface area contributed by atoms with E-state index >= 15 is 0 Å². The third kappa shape index (κ3) is 3.40. The van der Waals surface area contributed by atoms with Gasteiger partial charge < -0.3 is 15.2 Å². The fraction of sp³-hybridized carbons (Fsp3) is 0.143. The van der Waals surface area contributed by atoms with Crippen LogP contribution in [0.15, 0.2) is 39.5 Å². The van der Waals surface area contributed by atoms with Crippen LogP contribution in [0.1, 0.15) is 11.3 Å². The Morgan fingerprint density at radius 1 is 1.09 bits per heavy atom. The highest BCUT2D eigenvalue weighted by Gasteiger charge is 2.06. The molecule has 0 unspecified atom stereocenters. The first-order chi connectivity index (χ1) is 10.6. The number of nitrogens with one attached hydrogen (secondary N) is 2. The van der Waals surface area contributed by atoms with Crippen LogP contribution in [0, 0.1) is 13.8 Å². The van der Waals surface area contributed by atoms with Gasteiger partial charge in [-0.05, 0) is 47.5 Å². The summed E-state index contributed by atoms with van der Waals surface area (Å²) in [5, 5.41) is 17.9. The summed E-state index contributed by atoms with van der Waals surface area (Å²) in [5.41, 5.74) is 2.02. The molecular formula is C14H13BrN6O. The Labute approximate surface area is 135 Å². The van der Waals surface area contributed by atoms with E-state index in [0.717, 1.165) is 15.7 Å². The monoisotopic (exact) mass is 360 g/mol. The van der Waals surface area contributed by atoms with Gasteiger partial charge in [0.15, 0.2) is 11.6 Å². The lowest BCUT2D eigenvalue weighted by Crippen LogP contribution is -2.02. The predicted molar refractivity (Wildman–Crippen MR) is 86.5 cm³/mol. The van der Waals surface area contributed by atoms with Crippen molar-refractivity contribution in [3.8, 4) is 0 Å². The first kappa shape index (κ1) is 14.5. The number of hydrogen-bond donors (Lipinski definition) is 2. The summed E-state index contributed by atoms with van der Waals surface area (Å²) in [7, 11) is 0. The molecule has 8 heteroatoms. The van der Waals surface area contributed by atoms with Gasteiger partial charge in [0.05, 0.1) is 11.9 Å². The molecule has 0 bridgehead atoms. The van der Waals surface area contributed by atoms with Crippen molar-refractivity contribution in [3.63, 3.8) is 0 Å². The molecule has 3 aromatic rings. The first-order valence-electron chi connectivity index (χ1n) is 6.53. The zero-order valence-electron chi connectivity index (χ0n) is 12.0. The van der Waals surface area contributed by atoms with Crippen molar-refractivity contribution in [2.75, 3.05) is 10.6 Å². The number of aryl methyl sites for hydroxylation is 2. The van der Waals surface area contributed by atoms with Crippen LogP contribution in [-0.2, 0) is 0 Å². The number of nitrogens with zero attached hydrogens (tertiary/aromatic N) is 4. The molecule has 0 amide bonds. The van der Waals surface area contributed by atoms with Crippen LogP contribution in [0.2, 0.25) is 0 Å². The van der Waals surface area contributed by atoms with Crippen LogP contribution < -0.4 is 10.6 Å². The Kier molecular flexibility index (Phi) is 4.01. The molecule has 22 heavy (non-hydrogen) atoms. The van der Waals surface area contributed by atoms with E-state index in [9.17, 15) is 0 Å². The average Bonchev–Trinajstić information content (AvgIpc) is 2.88. The standard InChI is InChI=1S/C14H13BrN6O/c1-8-3-4-11(10(15)5-8)17-14-19-13(7-16-20-14)18-12-6-9(2)22-21-12/h3-7H,1-2H3,(H2,17,18,19,20,21). The number of benzene rings is 1. The summed E-state index contributed by atoms with van der Waals surface area (Å²) in [4.78, 5) is 4.34. The highest BCUT2D eigenvalue weighted by Crippen LogP contribution is 2.25. The van der Waals surface area contributed by atoms with Gasteiger partial charge in [-0.2, -0.15) is 10.1 Å². The van der Waals surface area contributed by atoms with Crippen LogP contribution in [0.5, 0.6) is 0 Å². The molecule has 0 aliphatic heterocycles. The van der Waals surface area contributed by atoms with Crippen molar-refractivity contribution >= 4 is 39.2 Å². The summed E-state index contributed by atoms with van der Waals surface area (Å²) in [6, 6.07) is 7.73. The Morgan fingerprint density at radius 2 is 1.95 bits per heavy atom. The zero-order valence-corrected chi connectivity index (χ0v) is 13.5. The van der Waals surface area contributed by atoms with Crippen LogP contribution >= 0.6 is 15.9 Å². The van der Waals surface area contributed by atoms with E-state index in [0.29, 0.717) is 23.3 Å². The van der Waals surface area contributed by atoms with Gasteiger partial charge in [0.1, 0.15) is 5.76 Å². The van der Waals surface area contributed by atoms with Crippen molar-refractivity contribution in [2.45, 2.75) is 13.8 Å². The van der Waals surface area contributed by atoms with E-state index in [1.54, 1.807) is 6.07 Å². The smallest absolute Gasteiger partial charge is 0.249 e. The molecule has 2 N–H and O–H groups in total. The Morgan fingerprint density at radius 3 is 2.68 bits per heavy atom. The van der Waals surface area contributed by atoms with E-state index in [1.165, 1.54) is 6.20 Å². The molecular weight excluding hydrogens is 348 g/mol. The van der Waals surface area contributed by atoms with Crippen molar-refractivity contribution < 1.29 is 4.52 Å². The second kappa shape index (κ2) is 6.10. The minimum absolute atomic E-state index is 0.384. The van der Waals surface area contributed by atoms with Gasteiger partial charge in [0, 0.05) is 10.5 Å². The molecule has 7 nitrogen and oxygen atoms in total. The summed E-state index contributed by atoms with van der Waals surface area (Å²) in [5.74, 6) is 2.19. The molecule has 0 atom stereocenters. The zero-order chi connectivity index (χ0) is 15.5. The van der Waals surface area contributed by atoms with E-state index in [1.807, 2.05) is 32.0 Å². The van der Waals surface area contributed by atoms with E-state index < -0.39 is 0 Å². The van der Waals surface area contributed by atoms with Crippen molar-refractivity contribution in [1.29, 1.82) is 0 Å². The molecule has 2 heterocycles. The largest absolute Gasteiger partial charge is 0.360 e. The van der Waals surface area contributed by atoms with Gasteiger partial charge in [0.25, 0.3) is 0 Å². The molecule has 0 aliphatic carbocycles. The van der Waals surface area contributed by atoms with Crippen molar-refractivity contribution in [3.05, 3.63) is 46.3 Å². The van der Waals surface area contributed by atoms with Gasteiger partial charge in [-0.1, -0.05) is 11.2 Å². The fourth-order valence-corrected chi connectivity index (χ4v) is 2.41. The Bertz CT molecular complexity index is 804. The summed E-state index contributed by atoms with van der Waals surface area (Å²) in [6.45, 7) is 3.84. The van der Waals surface area contributed by atoms with E-state index in [-0.39, 0.29) is 0 Å². The number of halogens is 1. The van der Waals surface area contributed by atoms with Crippen LogP contribution in [0.4, 0.5) is 23.3 Å². The SMILES string of the molecule is Cc1ccc(Nc2nncc(Nc3cc(C)on3)n2)c(Br)c1. The Hall–Kier alpha value is -2.48. The predicted octanol–water partition coefficient (Wildman–Crippen LogP) is 3.73. The topological polar surface area (TPSA) is 88.8 Å². The van der Waals surface area contributed by atoms with Crippen LogP contribution in [-0.4, -0.2) is 20.3 Å². The molecule has 112 valence electrons. The normalized spacial score (nSPS) is 10.5. The maximum atomic E-state index is 4.99. The molecule has 0 spiro atoms. The van der Waals surface area contributed by atoms with Gasteiger partial charge in [-0.25, -0.2) is 0 Å². The highest BCUT2D eigenvalue weighted by molar-refractivity contribution is 9.10. The third-order valence-corrected chi connectivity index (χ3v) is 3.47. The summed E-state index contributed by atoms with van der Waals surface area (Å²) >= 11 is 3.50. The maximum Gasteiger partial charge on any atom is 0.249 e. The van der Waals surface area contributed by atoms with Crippen LogP contribution in [0.3, 0.4) is 0 Å². The lowest BCUT2D eigenvalue weighted by atomic mass is 10.2. The second-order valence-electron chi connectivity index (χ2n) is 4.72. The van der Waals surface area contributed by atoms with E-state index in [2.05, 4.69) is 46.9 Å². The number of hydrogen-bond acceptors (Lipinski definition) is 7. The first-order valence-corrected chi connectivity index (χ1v) is 7.33. The molecule has 0 radical (unpaired) electrons. The average molecular weight is 361 g/mol. The molecule has 2 aromatic heterocycles. The maximum absolute atomic E-state index is 4.99. The van der Waals surface area contributed by atoms with Gasteiger partial charge in [-0.3, -0.25) is 0 Å². The molecule has 0 saturated heterocycles. The molecule has 1 aromatic carbocycles. The lowest BCUT2D eigenvalue weighted by Gasteiger charge is -2.08. The lowest BCUT2D eigenvalue weighted by molar-refractivity contribution is 0.400. The van der Waals surface area contributed by atoms with Crippen molar-refractivity contribution in [1.82, 2.24) is 20.3 Å². The minimum Gasteiger partial charge on any atom is -0.360 e. The summed E-state index contributed by atoms with van der Waals surface area (Å²) < 4.78 is 5.92. The molecule has 0 fully saturated rings. The minimum atomic E-state index is 0.384. The second-order valence-corrected chi connectivity index (χ2v) is 5.58. The summed E-state index contributed by atoms with van der Waals surface area (Å²) in [6.07, 6.45) is 1.51. The van der Waals surface area contributed by atoms with Crippen molar-refractivity contribution in [2.24, 2.45) is 0 Å². The van der Waals surface area contributed by atoms with Gasteiger partial charge in [-0.15, -0.1) is 5.10 Å². The van der Waals surface area contributed by atoms with E-state index in [4.69, 9.17) is 4.52 Å². The fourth-order valence-electron chi connectivity index (χ4n) is 1.82. The highest BCUT2D eigenvalue weighted by atomic mass is 79.9. The molecule has 0 aliphatic rings.